The second kappa shape index (κ2) is 5.51. The van der Waals surface area contributed by atoms with E-state index in [0.29, 0.717) is 40.7 Å². The van der Waals surface area contributed by atoms with Crippen LogP contribution in [-0.2, 0) is 4.74 Å². The van der Waals surface area contributed by atoms with Gasteiger partial charge in [-0.3, -0.25) is 4.79 Å². The number of rotatable bonds is 2. The summed E-state index contributed by atoms with van der Waals surface area (Å²) in [5.74, 6) is 0.840. The number of morpholine rings is 1. The van der Waals surface area contributed by atoms with Crippen LogP contribution in [0.25, 0.3) is 0 Å². The number of amides is 1. The van der Waals surface area contributed by atoms with E-state index in [0.717, 1.165) is 0 Å². The van der Waals surface area contributed by atoms with E-state index in [-0.39, 0.29) is 12.0 Å². The normalized spacial score (nSPS) is 19.3. The molecule has 1 amide bonds. The Bertz CT molecular complexity index is 627. The summed E-state index contributed by atoms with van der Waals surface area (Å²) >= 11 is 7.13. The summed E-state index contributed by atoms with van der Waals surface area (Å²) in [7, 11) is 0. The van der Waals surface area contributed by atoms with Gasteiger partial charge in [-0.1, -0.05) is 11.6 Å². The van der Waals surface area contributed by atoms with E-state index in [2.05, 4.69) is 10.2 Å². The molecule has 0 aromatic carbocycles. The first-order valence-electron chi connectivity index (χ1n) is 6.09. The van der Waals surface area contributed by atoms with E-state index in [1.54, 1.807) is 24.0 Å². The minimum atomic E-state index is -0.371. The molecule has 1 saturated heterocycles. The molecule has 0 unspecified atom stereocenters. The molecule has 0 saturated carbocycles. The number of hydrogen-bond acceptors (Lipinski definition) is 6. The van der Waals surface area contributed by atoms with Crippen molar-refractivity contribution in [3.8, 4) is 0 Å². The van der Waals surface area contributed by atoms with Crippen molar-refractivity contribution in [2.24, 2.45) is 0 Å². The van der Waals surface area contributed by atoms with E-state index in [9.17, 15) is 4.79 Å². The molecule has 1 atom stereocenters. The Labute approximate surface area is 124 Å². The van der Waals surface area contributed by atoms with Crippen LogP contribution in [0.1, 0.15) is 27.6 Å². The van der Waals surface area contributed by atoms with Gasteiger partial charge < -0.3 is 14.1 Å². The van der Waals surface area contributed by atoms with E-state index < -0.39 is 0 Å². The summed E-state index contributed by atoms with van der Waals surface area (Å²) in [6.07, 6.45) is -0.371. The summed E-state index contributed by atoms with van der Waals surface area (Å²) < 4.78 is 11.5. The van der Waals surface area contributed by atoms with Gasteiger partial charge in [0, 0.05) is 13.5 Å². The fourth-order valence-corrected chi connectivity index (χ4v) is 3.02. The standard InChI is InChI=1S/C12H12ClN3O3S/c1-7-14-15-11(19-7)8-6-16(4-5-18-8)12(17)9-2-3-10(13)20-9/h2-3,8H,4-6H2,1H3/t8-/m1/s1. The Balaban J connectivity index is 1.73. The molecule has 106 valence electrons. The first kappa shape index (κ1) is 13.5. The van der Waals surface area contributed by atoms with Gasteiger partial charge in [0.15, 0.2) is 6.10 Å². The smallest absolute Gasteiger partial charge is 0.264 e. The maximum absolute atomic E-state index is 12.4. The zero-order valence-electron chi connectivity index (χ0n) is 10.7. The number of carbonyl (C=O) groups excluding carboxylic acids is 1. The van der Waals surface area contributed by atoms with Crippen LogP contribution in [-0.4, -0.2) is 40.7 Å². The minimum Gasteiger partial charge on any atom is -0.423 e. The molecule has 0 N–H and O–H groups in total. The summed E-state index contributed by atoms with van der Waals surface area (Å²) in [5.41, 5.74) is 0. The molecule has 1 aliphatic heterocycles. The molecule has 3 rings (SSSR count). The van der Waals surface area contributed by atoms with Crippen LogP contribution < -0.4 is 0 Å². The fraction of sp³-hybridized carbons (Fsp3) is 0.417. The molecular weight excluding hydrogens is 302 g/mol. The molecular formula is C12H12ClN3O3S. The maximum Gasteiger partial charge on any atom is 0.264 e. The van der Waals surface area contributed by atoms with Gasteiger partial charge in [0.1, 0.15) is 0 Å². The number of aryl methyl sites for hydroxylation is 1. The molecule has 8 heteroatoms. The molecule has 0 bridgehead atoms. The lowest BCUT2D eigenvalue weighted by Gasteiger charge is -2.30. The third kappa shape index (κ3) is 2.70. The number of carbonyl (C=O) groups is 1. The molecule has 6 nitrogen and oxygen atoms in total. The van der Waals surface area contributed by atoms with Crippen LogP contribution in [0.2, 0.25) is 4.34 Å². The summed E-state index contributed by atoms with van der Waals surface area (Å²) in [4.78, 5) is 14.7. The average Bonchev–Trinajstić information content (AvgIpc) is 3.07. The van der Waals surface area contributed by atoms with Crippen LogP contribution in [0.5, 0.6) is 0 Å². The Morgan fingerprint density at radius 1 is 1.50 bits per heavy atom. The van der Waals surface area contributed by atoms with E-state index in [1.807, 2.05) is 0 Å². The van der Waals surface area contributed by atoms with Crippen molar-refractivity contribution in [3.63, 3.8) is 0 Å². The highest BCUT2D eigenvalue weighted by Gasteiger charge is 2.29. The monoisotopic (exact) mass is 313 g/mol. The molecule has 1 fully saturated rings. The van der Waals surface area contributed by atoms with Gasteiger partial charge in [-0.25, -0.2) is 0 Å². The highest BCUT2D eigenvalue weighted by molar-refractivity contribution is 7.17. The molecule has 2 aromatic heterocycles. The van der Waals surface area contributed by atoms with E-state index in [4.69, 9.17) is 20.8 Å². The second-order valence-corrected chi connectivity index (χ2v) is 6.09. The van der Waals surface area contributed by atoms with Gasteiger partial charge in [0.25, 0.3) is 5.91 Å². The van der Waals surface area contributed by atoms with Gasteiger partial charge in [-0.15, -0.1) is 21.5 Å². The zero-order chi connectivity index (χ0) is 14.1. The van der Waals surface area contributed by atoms with Crippen molar-refractivity contribution in [2.75, 3.05) is 19.7 Å². The molecule has 1 aliphatic rings. The largest absolute Gasteiger partial charge is 0.423 e. The quantitative estimate of drug-likeness (QED) is 0.851. The van der Waals surface area contributed by atoms with Crippen molar-refractivity contribution < 1.29 is 13.9 Å². The zero-order valence-corrected chi connectivity index (χ0v) is 12.3. The van der Waals surface area contributed by atoms with Crippen molar-refractivity contribution in [3.05, 3.63) is 33.1 Å². The summed E-state index contributed by atoms with van der Waals surface area (Å²) in [5, 5.41) is 7.72. The lowest BCUT2D eigenvalue weighted by Crippen LogP contribution is -2.42. The van der Waals surface area contributed by atoms with Gasteiger partial charge in [0.2, 0.25) is 11.8 Å². The Morgan fingerprint density at radius 2 is 2.35 bits per heavy atom. The molecule has 2 aromatic rings. The molecule has 0 radical (unpaired) electrons. The van der Waals surface area contributed by atoms with Gasteiger partial charge in [-0.2, -0.15) is 0 Å². The van der Waals surface area contributed by atoms with Crippen molar-refractivity contribution >= 4 is 28.8 Å². The average molecular weight is 314 g/mol. The lowest BCUT2D eigenvalue weighted by atomic mass is 10.2. The second-order valence-electron chi connectivity index (χ2n) is 4.37. The third-order valence-corrected chi connectivity index (χ3v) is 4.17. The summed E-state index contributed by atoms with van der Waals surface area (Å²) in [6, 6.07) is 3.45. The van der Waals surface area contributed by atoms with Gasteiger partial charge >= 0.3 is 0 Å². The van der Waals surface area contributed by atoms with Crippen molar-refractivity contribution in [1.29, 1.82) is 0 Å². The van der Waals surface area contributed by atoms with E-state index in [1.165, 1.54) is 11.3 Å². The van der Waals surface area contributed by atoms with Crippen LogP contribution in [0.15, 0.2) is 16.5 Å². The predicted molar refractivity (Wildman–Crippen MR) is 73.0 cm³/mol. The number of hydrogen-bond donors (Lipinski definition) is 0. The van der Waals surface area contributed by atoms with Gasteiger partial charge in [0.05, 0.1) is 22.4 Å². The Morgan fingerprint density at radius 3 is 3.00 bits per heavy atom. The van der Waals surface area contributed by atoms with Crippen LogP contribution in [0.3, 0.4) is 0 Å². The summed E-state index contributed by atoms with van der Waals surface area (Å²) in [6.45, 7) is 3.10. The van der Waals surface area contributed by atoms with Crippen LogP contribution in [0, 0.1) is 6.92 Å². The molecule has 3 heterocycles. The number of ether oxygens (including phenoxy) is 1. The van der Waals surface area contributed by atoms with Gasteiger partial charge in [-0.05, 0) is 12.1 Å². The maximum atomic E-state index is 12.4. The highest BCUT2D eigenvalue weighted by Crippen LogP contribution is 2.26. The molecule has 0 spiro atoms. The number of aromatic nitrogens is 2. The number of thiophene rings is 1. The van der Waals surface area contributed by atoms with Crippen LogP contribution >= 0.6 is 22.9 Å². The Kier molecular flexibility index (Phi) is 3.73. The molecule has 0 aliphatic carbocycles. The van der Waals surface area contributed by atoms with E-state index >= 15 is 0 Å². The lowest BCUT2D eigenvalue weighted by molar-refractivity contribution is -0.0347. The van der Waals surface area contributed by atoms with Crippen LogP contribution in [0.4, 0.5) is 0 Å². The third-order valence-electron chi connectivity index (χ3n) is 2.95. The predicted octanol–water partition coefficient (Wildman–Crippen LogP) is 2.31. The SMILES string of the molecule is Cc1nnc([C@H]2CN(C(=O)c3ccc(Cl)s3)CCO2)o1. The fourth-order valence-electron chi connectivity index (χ4n) is 2.01. The number of nitrogens with zero attached hydrogens (tertiary/aromatic N) is 3. The Hall–Kier alpha value is -1.44. The first-order valence-corrected chi connectivity index (χ1v) is 7.29. The van der Waals surface area contributed by atoms with Crippen molar-refractivity contribution in [2.45, 2.75) is 13.0 Å². The van der Waals surface area contributed by atoms with Crippen molar-refractivity contribution in [1.82, 2.24) is 15.1 Å². The minimum absolute atomic E-state index is 0.0496. The topological polar surface area (TPSA) is 68.5 Å². The number of halogens is 1. The highest BCUT2D eigenvalue weighted by atomic mass is 35.5. The first-order chi connectivity index (χ1) is 9.63. The molecule has 20 heavy (non-hydrogen) atoms.